The van der Waals surface area contributed by atoms with E-state index in [1.165, 1.54) is 0 Å². The number of rotatable bonds is 5. The van der Waals surface area contributed by atoms with Gasteiger partial charge in [0.15, 0.2) is 0 Å². The van der Waals surface area contributed by atoms with Crippen LogP contribution < -0.4 is 15.4 Å². The quantitative estimate of drug-likeness (QED) is 0.791. The number of aromatic amines is 1. The first-order valence-corrected chi connectivity index (χ1v) is 6.81. The van der Waals surface area contributed by atoms with Crippen molar-refractivity contribution in [3.63, 3.8) is 0 Å². The van der Waals surface area contributed by atoms with E-state index in [9.17, 15) is 4.79 Å². The van der Waals surface area contributed by atoms with Gasteiger partial charge in [-0.05, 0) is 30.2 Å². The Morgan fingerprint density at radius 2 is 2.00 bits per heavy atom. The van der Waals surface area contributed by atoms with Crippen LogP contribution in [0.2, 0.25) is 0 Å². The highest BCUT2D eigenvalue weighted by atomic mass is 16.5. The highest BCUT2D eigenvalue weighted by Gasteiger charge is 2.20. The third-order valence-corrected chi connectivity index (χ3v) is 3.12. The van der Waals surface area contributed by atoms with Gasteiger partial charge in [-0.1, -0.05) is 13.8 Å². The van der Waals surface area contributed by atoms with Crippen LogP contribution in [0.25, 0.3) is 0 Å². The average Bonchev–Trinajstić information content (AvgIpc) is 2.99. The van der Waals surface area contributed by atoms with Gasteiger partial charge >= 0.3 is 6.03 Å². The molecule has 1 atom stereocenters. The summed E-state index contributed by atoms with van der Waals surface area (Å²) >= 11 is 0. The van der Waals surface area contributed by atoms with E-state index in [0.717, 1.165) is 11.6 Å². The molecule has 0 aliphatic heterocycles. The second-order valence-electron chi connectivity index (χ2n) is 5.02. The van der Waals surface area contributed by atoms with E-state index in [1.807, 2.05) is 13.8 Å². The number of carbonyl (C=O) groups excluding carboxylic acids is 1. The van der Waals surface area contributed by atoms with Crippen molar-refractivity contribution in [2.75, 3.05) is 12.4 Å². The maximum atomic E-state index is 12.1. The van der Waals surface area contributed by atoms with Crippen LogP contribution in [0, 0.1) is 5.92 Å². The SMILES string of the molecule is COc1ccc(NC(=O)N[C@H](c2ncc[nH]2)C(C)C)cc1. The molecule has 0 unspecified atom stereocenters. The maximum Gasteiger partial charge on any atom is 0.319 e. The van der Waals surface area contributed by atoms with Gasteiger partial charge in [0, 0.05) is 18.1 Å². The number of ether oxygens (including phenoxy) is 1. The van der Waals surface area contributed by atoms with Gasteiger partial charge in [0.25, 0.3) is 0 Å². The Balaban J connectivity index is 1.99. The van der Waals surface area contributed by atoms with Crippen molar-refractivity contribution in [1.29, 1.82) is 0 Å². The lowest BCUT2D eigenvalue weighted by Crippen LogP contribution is -2.35. The number of carbonyl (C=O) groups is 1. The largest absolute Gasteiger partial charge is 0.497 e. The molecular formula is C15H20N4O2. The summed E-state index contributed by atoms with van der Waals surface area (Å²) in [5.41, 5.74) is 0.704. The van der Waals surface area contributed by atoms with Crippen LogP contribution in [0.4, 0.5) is 10.5 Å². The molecule has 0 aliphatic rings. The normalized spacial score (nSPS) is 12.0. The lowest BCUT2D eigenvalue weighted by molar-refractivity contribution is 0.244. The van der Waals surface area contributed by atoms with Crippen LogP contribution in [0.3, 0.4) is 0 Å². The zero-order chi connectivity index (χ0) is 15.2. The van der Waals surface area contributed by atoms with Crippen LogP contribution in [0.15, 0.2) is 36.7 Å². The maximum absolute atomic E-state index is 12.1. The van der Waals surface area contributed by atoms with E-state index >= 15 is 0 Å². The van der Waals surface area contributed by atoms with E-state index in [0.29, 0.717) is 5.69 Å². The summed E-state index contributed by atoms with van der Waals surface area (Å²) < 4.78 is 5.08. The number of urea groups is 1. The van der Waals surface area contributed by atoms with Gasteiger partial charge in [-0.3, -0.25) is 0 Å². The number of nitrogens with one attached hydrogen (secondary N) is 3. The molecule has 0 radical (unpaired) electrons. The number of hydrogen-bond donors (Lipinski definition) is 3. The molecular weight excluding hydrogens is 268 g/mol. The van der Waals surface area contributed by atoms with Gasteiger partial charge in [-0.15, -0.1) is 0 Å². The second kappa shape index (κ2) is 6.78. The predicted molar refractivity (Wildman–Crippen MR) is 81.3 cm³/mol. The van der Waals surface area contributed by atoms with Crippen molar-refractivity contribution in [3.8, 4) is 5.75 Å². The molecule has 0 bridgehead atoms. The van der Waals surface area contributed by atoms with Crippen molar-refractivity contribution in [3.05, 3.63) is 42.5 Å². The van der Waals surface area contributed by atoms with Gasteiger partial charge < -0.3 is 20.4 Å². The summed E-state index contributed by atoms with van der Waals surface area (Å²) in [6.45, 7) is 4.06. The van der Waals surface area contributed by atoms with Crippen LogP contribution in [-0.4, -0.2) is 23.1 Å². The molecule has 1 aromatic carbocycles. The molecule has 0 fully saturated rings. The number of hydrogen-bond acceptors (Lipinski definition) is 3. The number of anilines is 1. The first kappa shape index (κ1) is 14.9. The summed E-state index contributed by atoms with van der Waals surface area (Å²) in [7, 11) is 1.60. The van der Waals surface area contributed by atoms with Gasteiger partial charge in [0.05, 0.1) is 13.2 Å². The van der Waals surface area contributed by atoms with Gasteiger partial charge in [0.1, 0.15) is 11.6 Å². The molecule has 0 aliphatic carbocycles. The number of amides is 2. The van der Waals surface area contributed by atoms with Crippen LogP contribution >= 0.6 is 0 Å². The van der Waals surface area contributed by atoms with E-state index in [-0.39, 0.29) is 18.0 Å². The summed E-state index contributed by atoms with van der Waals surface area (Å²) in [5.74, 6) is 1.71. The number of benzene rings is 1. The van der Waals surface area contributed by atoms with Crippen molar-refractivity contribution in [2.24, 2.45) is 5.92 Å². The zero-order valence-electron chi connectivity index (χ0n) is 12.4. The number of H-pyrrole nitrogens is 1. The lowest BCUT2D eigenvalue weighted by Gasteiger charge is -2.20. The highest BCUT2D eigenvalue weighted by molar-refractivity contribution is 5.89. The van der Waals surface area contributed by atoms with E-state index < -0.39 is 0 Å². The van der Waals surface area contributed by atoms with Crippen molar-refractivity contribution in [1.82, 2.24) is 15.3 Å². The van der Waals surface area contributed by atoms with Gasteiger partial charge in [-0.25, -0.2) is 9.78 Å². The molecule has 1 heterocycles. The van der Waals surface area contributed by atoms with E-state index in [2.05, 4.69) is 20.6 Å². The van der Waals surface area contributed by atoms with Crippen molar-refractivity contribution in [2.45, 2.75) is 19.9 Å². The van der Waals surface area contributed by atoms with Crippen LogP contribution in [-0.2, 0) is 0 Å². The molecule has 1 aromatic heterocycles. The third kappa shape index (κ3) is 3.98. The van der Waals surface area contributed by atoms with Crippen molar-refractivity contribution < 1.29 is 9.53 Å². The molecule has 6 heteroatoms. The summed E-state index contributed by atoms with van der Waals surface area (Å²) in [5, 5.41) is 5.71. The fraction of sp³-hybridized carbons (Fsp3) is 0.333. The lowest BCUT2D eigenvalue weighted by atomic mass is 10.0. The van der Waals surface area contributed by atoms with Gasteiger partial charge in [-0.2, -0.15) is 0 Å². The Kier molecular flexibility index (Phi) is 4.81. The minimum atomic E-state index is -0.268. The topological polar surface area (TPSA) is 79.0 Å². The molecule has 0 saturated heterocycles. The smallest absolute Gasteiger partial charge is 0.319 e. The molecule has 21 heavy (non-hydrogen) atoms. The summed E-state index contributed by atoms with van der Waals surface area (Å²) in [4.78, 5) is 19.3. The van der Waals surface area contributed by atoms with Crippen LogP contribution in [0.1, 0.15) is 25.7 Å². The molecule has 6 nitrogen and oxygen atoms in total. The first-order valence-electron chi connectivity index (χ1n) is 6.81. The Morgan fingerprint density at radius 3 is 2.52 bits per heavy atom. The van der Waals surface area contributed by atoms with Crippen LogP contribution in [0.5, 0.6) is 5.75 Å². The Hall–Kier alpha value is -2.50. The number of aromatic nitrogens is 2. The summed E-state index contributed by atoms with van der Waals surface area (Å²) in [6, 6.07) is 6.73. The van der Waals surface area contributed by atoms with E-state index in [4.69, 9.17) is 4.74 Å². The molecule has 0 spiro atoms. The average molecular weight is 288 g/mol. The number of imidazole rings is 1. The number of methoxy groups -OCH3 is 1. The Bertz CT molecular complexity index is 564. The Labute approximate surface area is 123 Å². The third-order valence-electron chi connectivity index (χ3n) is 3.12. The summed E-state index contributed by atoms with van der Waals surface area (Å²) in [6.07, 6.45) is 3.42. The highest BCUT2D eigenvalue weighted by Crippen LogP contribution is 2.19. The molecule has 112 valence electrons. The molecule has 2 rings (SSSR count). The fourth-order valence-electron chi connectivity index (χ4n) is 1.98. The zero-order valence-corrected chi connectivity index (χ0v) is 12.4. The number of nitrogens with zero attached hydrogens (tertiary/aromatic N) is 1. The van der Waals surface area contributed by atoms with Crippen molar-refractivity contribution >= 4 is 11.7 Å². The minimum absolute atomic E-state index is 0.168. The minimum Gasteiger partial charge on any atom is -0.497 e. The molecule has 3 N–H and O–H groups in total. The second-order valence-corrected chi connectivity index (χ2v) is 5.02. The fourth-order valence-corrected chi connectivity index (χ4v) is 1.98. The molecule has 2 aromatic rings. The van der Waals surface area contributed by atoms with E-state index in [1.54, 1.807) is 43.8 Å². The molecule has 2 amide bonds. The Morgan fingerprint density at radius 1 is 1.29 bits per heavy atom. The van der Waals surface area contributed by atoms with Gasteiger partial charge in [0.2, 0.25) is 0 Å². The predicted octanol–water partition coefficient (Wildman–Crippen LogP) is 2.94. The standard InChI is InChI=1S/C15H20N4O2/c1-10(2)13(14-16-8-9-17-14)19-15(20)18-11-4-6-12(21-3)7-5-11/h4-10,13H,1-3H3,(H,16,17)(H2,18,19,20)/t13-/m0/s1. The first-order chi connectivity index (χ1) is 10.1. The molecule has 0 saturated carbocycles. The monoisotopic (exact) mass is 288 g/mol.